The van der Waals surface area contributed by atoms with Crippen molar-refractivity contribution in [3.05, 3.63) is 65.9 Å². The van der Waals surface area contributed by atoms with Gasteiger partial charge in [-0.05, 0) is 44.0 Å². The minimum Gasteiger partial charge on any atom is -0.497 e. The normalized spacial score (nSPS) is 14.6. The van der Waals surface area contributed by atoms with Crippen molar-refractivity contribution < 1.29 is 9.53 Å². The second-order valence-electron chi connectivity index (χ2n) is 7.39. The lowest BCUT2D eigenvalue weighted by atomic mass is 10.1. The van der Waals surface area contributed by atoms with Crippen LogP contribution in [0.5, 0.6) is 5.75 Å². The Kier molecular flexibility index (Phi) is 5.62. The van der Waals surface area contributed by atoms with Gasteiger partial charge < -0.3 is 4.74 Å². The third kappa shape index (κ3) is 4.32. The number of carbonyl (C=O) groups is 1. The first-order valence-corrected chi connectivity index (χ1v) is 10.0. The van der Waals surface area contributed by atoms with Crippen LogP contribution in [0.1, 0.15) is 35.2 Å². The number of methoxy groups -OCH3 is 1. The van der Waals surface area contributed by atoms with Gasteiger partial charge in [-0.15, -0.1) is 0 Å². The van der Waals surface area contributed by atoms with E-state index in [4.69, 9.17) is 9.84 Å². The average molecular weight is 390 g/mol. The van der Waals surface area contributed by atoms with E-state index in [2.05, 4.69) is 5.43 Å². The van der Waals surface area contributed by atoms with E-state index >= 15 is 0 Å². The lowest BCUT2D eigenvalue weighted by Crippen LogP contribution is -2.45. The number of hydrazine groups is 1. The fourth-order valence-electron chi connectivity index (χ4n) is 3.56. The molecule has 1 aromatic heterocycles. The fraction of sp³-hybridized carbons (Fsp3) is 0.304. The summed E-state index contributed by atoms with van der Waals surface area (Å²) in [5.74, 6) is 0.595. The molecule has 1 aliphatic heterocycles. The molecule has 0 atom stereocenters. The van der Waals surface area contributed by atoms with Crippen molar-refractivity contribution in [1.82, 2.24) is 20.2 Å². The molecule has 3 aromatic rings. The second kappa shape index (κ2) is 8.49. The Morgan fingerprint density at radius 1 is 1.07 bits per heavy atom. The molecule has 1 N–H and O–H groups in total. The zero-order valence-electron chi connectivity index (χ0n) is 16.9. The summed E-state index contributed by atoms with van der Waals surface area (Å²) in [6, 6.07) is 15.7. The van der Waals surface area contributed by atoms with E-state index in [9.17, 15) is 4.79 Å². The van der Waals surface area contributed by atoms with E-state index < -0.39 is 0 Å². The third-order valence-corrected chi connectivity index (χ3v) is 5.22. The molecule has 1 amide bonds. The highest BCUT2D eigenvalue weighted by Gasteiger charge is 2.21. The van der Waals surface area contributed by atoms with Crippen LogP contribution in [0.4, 0.5) is 0 Å². The van der Waals surface area contributed by atoms with Gasteiger partial charge in [0.2, 0.25) is 0 Å². The molecule has 2 heterocycles. The van der Waals surface area contributed by atoms with E-state index in [1.807, 2.05) is 60.5 Å². The van der Waals surface area contributed by atoms with Gasteiger partial charge in [0.25, 0.3) is 5.91 Å². The van der Waals surface area contributed by atoms with Crippen molar-refractivity contribution in [2.75, 3.05) is 20.2 Å². The molecule has 29 heavy (non-hydrogen) atoms. The number of ether oxygens (including phenoxy) is 1. The molecule has 0 saturated carbocycles. The summed E-state index contributed by atoms with van der Waals surface area (Å²) >= 11 is 0. The SMILES string of the molecule is COc1cccc(-c2nn(-c3ccc(C)cc3)cc2C(=O)NN2CCCCC2)c1. The minimum absolute atomic E-state index is 0.136. The van der Waals surface area contributed by atoms with Crippen molar-refractivity contribution in [2.45, 2.75) is 26.2 Å². The van der Waals surface area contributed by atoms with Crippen molar-refractivity contribution in [2.24, 2.45) is 0 Å². The van der Waals surface area contributed by atoms with E-state index in [0.29, 0.717) is 11.3 Å². The van der Waals surface area contributed by atoms with E-state index in [1.54, 1.807) is 18.0 Å². The number of rotatable bonds is 5. The number of aromatic nitrogens is 2. The molecular formula is C23H26N4O2. The standard InChI is InChI=1S/C23H26N4O2/c1-17-9-11-19(12-10-17)27-16-21(23(28)25-26-13-4-3-5-14-26)22(24-27)18-7-6-8-20(15-18)29-2/h6-12,15-16H,3-5,13-14H2,1-2H3,(H,25,28). The summed E-state index contributed by atoms with van der Waals surface area (Å²) < 4.78 is 7.12. The Bertz CT molecular complexity index is 988. The largest absolute Gasteiger partial charge is 0.497 e. The van der Waals surface area contributed by atoms with Crippen LogP contribution < -0.4 is 10.2 Å². The first kappa shape index (κ1) is 19.2. The molecule has 0 unspecified atom stereocenters. The summed E-state index contributed by atoms with van der Waals surface area (Å²) in [4.78, 5) is 13.1. The number of hydrogen-bond donors (Lipinski definition) is 1. The second-order valence-corrected chi connectivity index (χ2v) is 7.39. The number of piperidine rings is 1. The van der Waals surface area contributed by atoms with Crippen molar-refractivity contribution in [1.29, 1.82) is 0 Å². The Labute approximate surface area is 171 Å². The Morgan fingerprint density at radius 3 is 2.55 bits per heavy atom. The lowest BCUT2D eigenvalue weighted by molar-refractivity contribution is 0.0750. The van der Waals surface area contributed by atoms with Crippen LogP contribution in [0, 0.1) is 6.92 Å². The summed E-state index contributed by atoms with van der Waals surface area (Å²) in [6.45, 7) is 3.81. The highest BCUT2D eigenvalue weighted by Crippen LogP contribution is 2.27. The molecule has 6 heteroatoms. The van der Waals surface area contributed by atoms with Crippen LogP contribution in [-0.4, -0.2) is 40.9 Å². The van der Waals surface area contributed by atoms with Gasteiger partial charge in [-0.2, -0.15) is 5.10 Å². The van der Waals surface area contributed by atoms with Crippen LogP contribution in [0.15, 0.2) is 54.7 Å². The number of amides is 1. The molecule has 1 fully saturated rings. The van der Waals surface area contributed by atoms with Gasteiger partial charge in [-0.3, -0.25) is 10.2 Å². The van der Waals surface area contributed by atoms with Gasteiger partial charge in [-0.1, -0.05) is 36.2 Å². The fourth-order valence-corrected chi connectivity index (χ4v) is 3.56. The van der Waals surface area contributed by atoms with E-state index in [1.165, 1.54) is 12.0 Å². The predicted octanol–water partition coefficient (Wildman–Crippen LogP) is 3.99. The number of hydrogen-bond acceptors (Lipinski definition) is 4. The minimum atomic E-state index is -0.136. The lowest BCUT2D eigenvalue weighted by Gasteiger charge is -2.26. The van der Waals surface area contributed by atoms with Crippen LogP contribution >= 0.6 is 0 Å². The maximum Gasteiger partial charge on any atom is 0.269 e. The topological polar surface area (TPSA) is 59.4 Å². The summed E-state index contributed by atoms with van der Waals surface area (Å²) in [6.07, 6.45) is 5.23. The molecular weight excluding hydrogens is 364 g/mol. The van der Waals surface area contributed by atoms with Gasteiger partial charge in [0.05, 0.1) is 18.4 Å². The number of nitrogens with zero attached hydrogens (tertiary/aromatic N) is 3. The molecule has 1 saturated heterocycles. The van der Waals surface area contributed by atoms with Gasteiger partial charge >= 0.3 is 0 Å². The Balaban J connectivity index is 1.72. The van der Waals surface area contributed by atoms with Crippen molar-refractivity contribution >= 4 is 5.91 Å². The first-order chi connectivity index (χ1) is 14.1. The van der Waals surface area contributed by atoms with E-state index in [0.717, 1.165) is 42.9 Å². The summed E-state index contributed by atoms with van der Waals surface area (Å²) in [5, 5.41) is 6.76. The molecule has 0 spiro atoms. The van der Waals surface area contributed by atoms with Crippen LogP contribution in [0.2, 0.25) is 0 Å². The maximum absolute atomic E-state index is 13.1. The molecule has 0 aliphatic carbocycles. The number of aryl methyl sites for hydroxylation is 1. The van der Waals surface area contributed by atoms with Crippen molar-refractivity contribution in [3.63, 3.8) is 0 Å². The summed E-state index contributed by atoms with van der Waals surface area (Å²) in [5.41, 5.74) is 7.18. The zero-order valence-corrected chi connectivity index (χ0v) is 16.9. The molecule has 1 aliphatic rings. The number of nitrogens with one attached hydrogen (secondary N) is 1. The quantitative estimate of drug-likeness (QED) is 0.716. The van der Waals surface area contributed by atoms with Gasteiger partial charge in [0.1, 0.15) is 11.4 Å². The molecule has 4 rings (SSSR count). The van der Waals surface area contributed by atoms with Crippen LogP contribution in [0.3, 0.4) is 0 Å². The molecule has 0 radical (unpaired) electrons. The van der Waals surface area contributed by atoms with Crippen LogP contribution in [0.25, 0.3) is 16.9 Å². The number of benzene rings is 2. The van der Waals surface area contributed by atoms with Gasteiger partial charge in [-0.25, -0.2) is 9.69 Å². The van der Waals surface area contributed by atoms with Crippen molar-refractivity contribution in [3.8, 4) is 22.7 Å². The Hall–Kier alpha value is -3.12. The predicted molar refractivity (Wildman–Crippen MR) is 113 cm³/mol. The average Bonchev–Trinajstić information content (AvgIpc) is 3.21. The zero-order chi connectivity index (χ0) is 20.2. The highest BCUT2D eigenvalue weighted by atomic mass is 16.5. The monoisotopic (exact) mass is 390 g/mol. The molecule has 150 valence electrons. The molecule has 6 nitrogen and oxygen atoms in total. The van der Waals surface area contributed by atoms with Gasteiger partial charge in [0.15, 0.2) is 0 Å². The smallest absolute Gasteiger partial charge is 0.269 e. The van der Waals surface area contributed by atoms with Crippen LogP contribution in [-0.2, 0) is 0 Å². The highest BCUT2D eigenvalue weighted by molar-refractivity contribution is 5.99. The first-order valence-electron chi connectivity index (χ1n) is 10.0. The van der Waals surface area contributed by atoms with Gasteiger partial charge in [0, 0.05) is 24.8 Å². The Morgan fingerprint density at radius 2 is 1.83 bits per heavy atom. The maximum atomic E-state index is 13.1. The summed E-state index contributed by atoms with van der Waals surface area (Å²) in [7, 11) is 1.63. The molecule has 2 aromatic carbocycles. The van der Waals surface area contributed by atoms with E-state index in [-0.39, 0.29) is 5.91 Å². The number of carbonyl (C=O) groups excluding carboxylic acids is 1. The third-order valence-electron chi connectivity index (χ3n) is 5.22. The molecule has 0 bridgehead atoms.